The van der Waals surface area contributed by atoms with Crippen LogP contribution in [0, 0.1) is 11.7 Å². The Balaban J connectivity index is 2.45. The van der Waals surface area contributed by atoms with Crippen LogP contribution >= 0.6 is 11.6 Å². The SMILES string of the molecule is CC(C)C1CCc2cc(F)c(Cl)cc21. The maximum Gasteiger partial charge on any atom is 0.142 e. The minimum absolute atomic E-state index is 0.260. The molecule has 0 saturated heterocycles. The quantitative estimate of drug-likeness (QED) is 0.656. The molecule has 0 radical (unpaired) electrons. The van der Waals surface area contributed by atoms with E-state index >= 15 is 0 Å². The van der Waals surface area contributed by atoms with E-state index in [0.717, 1.165) is 18.4 Å². The fraction of sp³-hybridized carbons (Fsp3) is 0.500. The molecule has 0 spiro atoms. The zero-order valence-corrected chi connectivity index (χ0v) is 9.24. The fourth-order valence-corrected chi connectivity index (χ4v) is 2.50. The molecule has 1 atom stereocenters. The summed E-state index contributed by atoms with van der Waals surface area (Å²) in [7, 11) is 0. The van der Waals surface area contributed by atoms with Crippen molar-refractivity contribution in [2.24, 2.45) is 5.92 Å². The third-order valence-corrected chi connectivity index (χ3v) is 3.40. The number of aryl methyl sites for hydroxylation is 1. The van der Waals surface area contributed by atoms with Crippen molar-refractivity contribution in [3.05, 3.63) is 34.1 Å². The van der Waals surface area contributed by atoms with Crippen LogP contribution in [-0.2, 0) is 6.42 Å². The maximum absolute atomic E-state index is 13.2. The molecule has 1 unspecified atom stereocenters. The van der Waals surface area contributed by atoms with Crippen LogP contribution in [0.25, 0.3) is 0 Å². The highest BCUT2D eigenvalue weighted by Gasteiger charge is 2.26. The van der Waals surface area contributed by atoms with E-state index in [4.69, 9.17) is 11.6 Å². The van der Waals surface area contributed by atoms with Crippen LogP contribution < -0.4 is 0 Å². The first-order chi connectivity index (χ1) is 6.59. The molecule has 0 N–H and O–H groups in total. The van der Waals surface area contributed by atoms with E-state index in [2.05, 4.69) is 13.8 Å². The van der Waals surface area contributed by atoms with Gasteiger partial charge in [0.25, 0.3) is 0 Å². The molecule has 1 aromatic carbocycles. The Morgan fingerprint density at radius 1 is 1.43 bits per heavy atom. The van der Waals surface area contributed by atoms with E-state index in [1.165, 1.54) is 5.56 Å². The molecule has 0 bridgehead atoms. The average Bonchev–Trinajstić information content (AvgIpc) is 2.48. The van der Waals surface area contributed by atoms with E-state index < -0.39 is 0 Å². The molecule has 2 rings (SSSR count). The zero-order valence-electron chi connectivity index (χ0n) is 8.48. The lowest BCUT2D eigenvalue weighted by Gasteiger charge is -2.15. The molecule has 1 aliphatic rings. The summed E-state index contributed by atoms with van der Waals surface area (Å²) in [5, 5.41) is 0.260. The van der Waals surface area contributed by atoms with Gasteiger partial charge < -0.3 is 0 Å². The Bertz CT molecular complexity index is 358. The van der Waals surface area contributed by atoms with E-state index in [-0.39, 0.29) is 10.8 Å². The van der Waals surface area contributed by atoms with Crippen molar-refractivity contribution >= 4 is 11.6 Å². The topological polar surface area (TPSA) is 0 Å². The second-order valence-corrected chi connectivity index (χ2v) is 4.76. The highest BCUT2D eigenvalue weighted by atomic mass is 35.5. The zero-order chi connectivity index (χ0) is 10.3. The summed E-state index contributed by atoms with van der Waals surface area (Å²) in [6.45, 7) is 4.41. The first kappa shape index (κ1) is 9.97. The lowest BCUT2D eigenvalue weighted by atomic mass is 9.90. The molecular formula is C12H14ClF. The van der Waals surface area contributed by atoms with Gasteiger partial charge in [0.1, 0.15) is 5.82 Å². The Morgan fingerprint density at radius 3 is 2.79 bits per heavy atom. The molecule has 0 saturated carbocycles. The summed E-state index contributed by atoms with van der Waals surface area (Å²) in [5.74, 6) is 0.885. The minimum Gasteiger partial charge on any atom is -0.205 e. The predicted molar refractivity (Wildman–Crippen MR) is 57.3 cm³/mol. The molecule has 0 amide bonds. The van der Waals surface area contributed by atoms with Gasteiger partial charge in [-0.3, -0.25) is 0 Å². The van der Waals surface area contributed by atoms with Crippen molar-refractivity contribution in [3.63, 3.8) is 0 Å². The van der Waals surface area contributed by atoms with Gasteiger partial charge in [-0.15, -0.1) is 0 Å². The van der Waals surface area contributed by atoms with Gasteiger partial charge in [-0.1, -0.05) is 25.4 Å². The molecule has 0 nitrogen and oxygen atoms in total. The van der Waals surface area contributed by atoms with Crippen LogP contribution in [0.5, 0.6) is 0 Å². The third kappa shape index (κ3) is 1.54. The standard InChI is InChI=1S/C12H14ClF/c1-7(2)9-4-3-8-5-12(14)11(13)6-10(8)9/h5-7,9H,3-4H2,1-2H3. The fourth-order valence-electron chi connectivity index (χ4n) is 2.32. The van der Waals surface area contributed by atoms with Gasteiger partial charge in [-0.25, -0.2) is 4.39 Å². The highest BCUT2D eigenvalue weighted by Crippen LogP contribution is 2.39. The number of hydrogen-bond acceptors (Lipinski definition) is 0. The second kappa shape index (κ2) is 3.54. The maximum atomic E-state index is 13.2. The Hall–Kier alpha value is -0.560. The second-order valence-electron chi connectivity index (χ2n) is 4.35. The van der Waals surface area contributed by atoms with Gasteiger partial charge in [0.05, 0.1) is 5.02 Å². The number of rotatable bonds is 1. The van der Waals surface area contributed by atoms with Crippen molar-refractivity contribution in [1.29, 1.82) is 0 Å². The summed E-state index contributed by atoms with van der Waals surface area (Å²) in [6.07, 6.45) is 2.12. The molecule has 0 aromatic heterocycles. The highest BCUT2D eigenvalue weighted by molar-refractivity contribution is 6.30. The van der Waals surface area contributed by atoms with E-state index in [1.807, 2.05) is 6.07 Å². The van der Waals surface area contributed by atoms with E-state index in [9.17, 15) is 4.39 Å². The van der Waals surface area contributed by atoms with Gasteiger partial charge >= 0.3 is 0 Å². The monoisotopic (exact) mass is 212 g/mol. The summed E-state index contributed by atoms with van der Waals surface area (Å²) >= 11 is 5.79. The van der Waals surface area contributed by atoms with Crippen molar-refractivity contribution in [3.8, 4) is 0 Å². The number of benzene rings is 1. The van der Waals surface area contributed by atoms with Gasteiger partial charge in [-0.2, -0.15) is 0 Å². The van der Waals surface area contributed by atoms with Gasteiger partial charge in [0.2, 0.25) is 0 Å². The normalized spacial score (nSPS) is 20.2. The molecule has 1 aliphatic carbocycles. The molecule has 76 valence electrons. The van der Waals surface area contributed by atoms with Crippen LogP contribution in [0.2, 0.25) is 5.02 Å². The van der Waals surface area contributed by atoms with Gasteiger partial charge in [0.15, 0.2) is 0 Å². The Morgan fingerprint density at radius 2 is 2.14 bits per heavy atom. The van der Waals surface area contributed by atoms with Crippen molar-refractivity contribution < 1.29 is 4.39 Å². The minimum atomic E-state index is -0.283. The van der Waals surface area contributed by atoms with Crippen LogP contribution in [-0.4, -0.2) is 0 Å². The van der Waals surface area contributed by atoms with Crippen molar-refractivity contribution in [1.82, 2.24) is 0 Å². The van der Waals surface area contributed by atoms with Gasteiger partial charge in [-0.05, 0) is 47.9 Å². The Kier molecular flexibility index (Phi) is 2.52. The average molecular weight is 213 g/mol. The molecule has 1 aromatic rings. The summed E-state index contributed by atoms with van der Waals surface area (Å²) < 4.78 is 13.2. The molecule has 0 heterocycles. The largest absolute Gasteiger partial charge is 0.205 e. The molecule has 0 fully saturated rings. The Labute approximate surface area is 89.1 Å². The first-order valence-corrected chi connectivity index (χ1v) is 5.45. The first-order valence-electron chi connectivity index (χ1n) is 5.07. The lowest BCUT2D eigenvalue weighted by molar-refractivity contribution is 0.495. The molecule has 2 heteroatoms. The van der Waals surface area contributed by atoms with Crippen LogP contribution in [0.3, 0.4) is 0 Å². The number of hydrogen-bond donors (Lipinski definition) is 0. The summed E-state index contributed by atoms with van der Waals surface area (Å²) in [5.41, 5.74) is 2.40. The van der Waals surface area contributed by atoms with Gasteiger partial charge in [0, 0.05) is 0 Å². The summed E-state index contributed by atoms with van der Waals surface area (Å²) in [4.78, 5) is 0. The van der Waals surface area contributed by atoms with Crippen LogP contribution in [0.15, 0.2) is 12.1 Å². The van der Waals surface area contributed by atoms with Crippen LogP contribution in [0.4, 0.5) is 4.39 Å². The predicted octanol–water partition coefficient (Wildman–Crippen LogP) is 4.16. The number of halogens is 2. The third-order valence-electron chi connectivity index (χ3n) is 3.11. The van der Waals surface area contributed by atoms with Crippen molar-refractivity contribution in [2.45, 2.75) is 32.6 Å². The smallest absolute Gasteiger partial charge is 0.142 e. The molecular weight excluding hydrogens is 199 g/mol. The molecule has 0 aliphatic heterocycles. The van der Waals surface area contributed by atoms with Crippen molar-refractivity contribution in [2.75, 3.05) is 0 Å². The summed E-state index contributed by atoms with van der Waals surface area (Å²) in [6, 6.07) is 3.41. The van der Waals surface area contributed by atoms with E-state index in [0.29, 0.717) is 11.8 Å². The number of fused-ring (bicyclic) bond motifs is 1. The lowest BCUT2D eigenvalue weighted by Crippen LogP contribution is -2.02. The molecule has 14 heavy (non-hydrogen) atoms. The van der Waals surface area contributed by atoms with Crippen LogP contribution in [0.1, 0.15) is 37.3 Å². The van der Waals surface area contributed by atoms with E-state index in [1.54, 1.807) is 6.07 Å².